The molecule has 1 atom stereocenters. The lowest BCUT2D eigenvalue weighted by molar-refractivity contribution is 0.101. The Morgan fingerprint density at radius 3 is 2.74 bits per heavy atom. The third-order valence-electron chi connectivity index (χ3n) is 4.01. The van der Waals surface area contributed by atoms with Gasteiger partial charge in [0.25, 0.3) is 5.56 Å². The van der Waals surface area contributed by atoms with Gasteiger partial charge in [-0.2, -0.15) is 0 Å². The number of hydrogen-bond acceptors (Lipinski definition) is 3. The van der Waals surface area contributed by atoms with Crippen LogP contribution in [-0.4, -0.2) is 28.8 Å². The van der Waals surface area contributed by atoms with Crippen molar-refractivity contribution in [3.63, 3.8) is 0 Å². The van der Waals surface area contributed by atoms with Gasteiger partial charge < -0.3 is 9.47 Å². The fourth-order valence-electron chi connectivity index (χ4n) is 2.71. The Morgan fingerprint density at radius 2 is 2.16 bits per heavy atom. The number of likely N-dealkylation sites (N-methyl/N-ethyl adjacent to an activating group) is 1. The summed E-state index contributed by atoms with van der Waals surface area (Å²) >= 11 is 0. The molecular formula is C15H22N2O2. The second-order valence-electron chi connectivity index (χ2n) is 5.51. The second-order valence-corrected chi connectivity index (χ2v) is 5.51. The molecule has 2 rings (SSSR count). The van der Waals surface area contributed by atoms with Crippen molar-refractivity contribution in [2.24, 2.45) is 0 Å². The highest BCUT2D eigenvalue weighted by Gasteiger charge is 2.23. The monoisotopic (exact) mass is 262 g/mol. The summed E-state index contributed by atoms with van der Waals surface area (Å²) in [5.74, 6) is -0.141. The highest BCUT2D eigenvalue weighted by Crippen LogP contribution is 2.21. The molecule has 4 heteroatoms. The number of rotatable bonds is 3. The Labute approximate surface area is 114 Å². The van der Waals surface area contributed by atoms with Crippen molar-refractivity contribution in [3.05, 3.63) is 33.2 Å². The first-order valence-corrected chi connectivity index (χ1v) is 6.92. The molecule has 0 radical (unpaired) electrons. The van der Waals surface area contributed by atoms with E-state index in [0.717, 1.165) is 37.2 Å². The van der Waals surface area contributed by atoms with Crippen LogP contribution in [-0.2, 0) is 13.0 Å². The molecule has 0 fully saturated rings. The molecule has 0 amide bonds. The minimum absolute atomic E-state index is 0.120. The number of Topliss-reactive ketones (excluding diaryl/α,β-unsaturated/α-hetero) is 1. The van der Waals surface area contributed by atoms with Gasteiger partial charge in [-0.3, -0.25) is 9.59 Å². The molecule has 104 valence electrons. The smallest absolute Gasteiger partial charge is 0.261 e. The molecule has 1 aliphatic rings. The van der Waals surface area contributed by atoms with E-state index in [1.54, 1.807) is 6.07 Å². The second kappa shape index (κ2) is 5.29. The van der Waals surface area contributed by atoms with E-state index < -0.39 is 0 Å². The summed E-state index contributed by atoms with van der Waals surface area (Å²) in [6.45, 7) is 7.36. The number of aromatic nitrogens is 1. The molecule has 0 saturated heterocycles. The van der Waals surface area contributed by atoms with Crippen LogP contribution in [0.3, 0.4) is 0 Å². The molecule has 0 aliphatic carbocycles. The number of fused-ring (bicyclic) bond motifs is 1. The highest BCUT2D eigenvalue weighted by molar-refractivity contribution is 5.93. The first-order valence-electron chi connectivity index (χ1n) is 6.92. The largest absolute Gasteiger partial charge is 0.309 e. The highest BCUT2D eigenvalue weighted by atomic mass is 16.1. The van der Waals surface area contributed by atoms with Gasteiger partial charge in [-0.05, 0) is 38.9 Å². The zero-order valence-electron chi connectivity index (χ0n) is 12.2. The van der Waals surface area contributed by atoms with Crippen molar-refractivity contribution < 1.29 is 4.79 Å². The Balaban J connectivity index is 2.69. The zero-order chi connectivity index (χ0) is 14.2. The van der Waals surface area contributed by atoms with Crippen LogP contribution < -0.4 is 5.56 Å². The van der Waals surface area contributed by atoms with Crippen LogP contribution in [0.25, 0.3) is 0 Å². The normalized spacial score (nSPS) is 17.1. The van der Waals surface area contributed by atoms with Crippen molar-refractivity contribution in [2.75, 3.05) is 13.6 Å². The molecule has 1 aromatic heterocycles. The summed E-state index contributed by atoms with van der Waals surface area (Å²) in [7, 11) is 2.06. The van der Waals surface area contributed by atoms with Gasteiger partial charge in [-0.25, -0.2) is 0 Å². The Morgan fingerprint density at radius 1 is 1.47 bits per heavy atom. The fraction of sp³-hybridized carbons (Fsp3) is 0.600. The Kier molecular flexibility index (Phi) is 3.90. The van der Waals surface area contributed by atoms with Crippen molar-refractivity contribution in [1.82, 2.24) is 9.47 Å². The third kappa shape index (κ3) is 2.50. The zero-order valence-corrected chi connectivity index (χ0v) is 12.2. The lowest BCUT2D eigenvalue weighted by Crippen LogP contribution is -2.37. The van der Waals surface area contributed by atoms with Crippen molar-refractivity contribution in [1.29, 1.82) is 0 Å². The molecular weight excluding hydrogens is 240 g/mol. The van der Waals surface area contributed by atoms with Gasteiger partial charge in [-0.1, -0.05) is 6.92 Å². The molecule has 2 heterocycles. The molecule has 1 aromatic rings. The van der Waals surface area contributed by atoms with Crippen LogP contribution in [0.4, 0.5) is 0 Å². The average Bonchev–Trinajstić information content (AvgIpc) is 2.37. The molecule has 19 heavy (non-hydrogen) atoms. The molecule has 1 aliphatic heterocycles. The van der Waals surface area contributed by atoms with Crippen molar-refractivity contribution >= 4 is 5.78 Å². The molecule has 0 saturated carbocycles. The predicted octanol–water partition coefficient (Wildman–Crippen LogP) is 2.01. The van der Waals surface area contributed by atoms with Gasteiger partial charge in [-0.15, -0.1) is 0 Å². The van der Waals surface area contributed by atoms with E-state index in [1.807, 2.05) is 11.5 Å². The number of pyridine rings is 1. The van der Waals surface area contributed by atoms with Gasteiger partial charge in [0.1, 0.15) is 0 Å². The van der Waals surface area contributed by atoms with Gasteiger partial charge in [0.05, 0.1) is 5.56 Å². The van der Waals surface area contributed by atoms with E-state index in [9.17, 15) is 9.59 Å². The van der Waals surface area contributed by atoms with Gasteiger partial charge in [0, 0.05) is 31.2 Å². The summed E-state index contributed by atoms with van der Waals surface area (Å²) in [6, 6.07) is 1.94. The van der Waals surface area contributed by atoms with Crippen LogP contribution in [0.15, 0.2) is 10.9 Å². The summed E-state index contributed by atoms with van der Waals surface area (Å²) in [6.07, 6.45) is 1.77. The number of carbonyl (C=O) groups excluding carboxylic acids is 1. The number of carbonyl (C=O) groups is 1. The van der Waals surface area contributed by atoms with E-state index in [4.69, 9.17) is 0 Å². The molecule has 0 spiro atoms. The van der Waals surface area contributed by atoms with Crippen LogP contribution in [0.1, 0.15) is 54.8 Å². The van der Waals surface area contributed by atoms with E-state index >= 15 is 0 Å². The van der Waals surface area contributed by atoms with Crippen LogP contribution in [0.5, 0.6) is 0 Å². The average molecular weight is 262 g/mol. The lowest BCUT2D eigenvalue weighted by atomic mass is 10.0. The van der Waals surface area contributed by atoms with E-state index in [-0.39, 0.29) is 17.4 Å². The van der Waals surface area contributed by atoms with Crippen molar-refractivity contribution in [3.8, 4) is 0 Å². The fourth-order valence-corrected chi connectivity index (χ4v) is 2.71. The summed E-state index contributed by atoms with van der Waals surface area (Å²) in [5, 5.41) is 0. The van der Waals surface area contributed by atoms with Gasteiger partial charge in [0.2, 0.25) is 0 Å². The molecule has 0 bridgehead atoms. The molecule has 0 N–H and O–H groups in total. The predicted molar refractivity (Wildman–Crippen MR) is 75.7 cm³/mol. The van der Waals surface area contributed by atoms with Crippen LogP contribution in [0.2, 0.25) is 0 Å². The molecule has 4 nitrogen and oxygen atoms in total. The first kappa shape index (κ1) is 14.0. The Bertz CT molecular complexity index is 560. The minimum atomic E-state index is -0.141. The standard InChI is InChI=1S/C15H22N2O2/c1-5-10(2)17-14-6-7-16(4)9-12(14)8-13(11(3)18)15(17)19/h8,10H,5-7,9H2,1-4H3. The van der Waals surface area contributed by atoms with E-state index in [0.29, 0.717) is 5.56 Å². The molecule has 0 aromatic carbocycles. The SMILES string of the molecule is CCC(C)n1c2c(cc(C(C)=O)c1=O)CN(C)CC2. The lowest BCUT2D eigenvalue weighted by Gasteiger charge is -2.30. The summed E-state index contributed by atoms with van der Waals surface area (Å²) in [5.41, 5.74) is 2.45. The topological polar surface area (TPSA) is 42.3 Å². The van der Waals surface area contributed by atoms with E-state index in [2.05, 4.69) is 18.9 Å². The third-order valence-corrected chi connectivity index (χ3v) is 4.01. The van der Waals surface area contributed by atoms with Crippen LogP contribution in [0, 0.1) is 0 Å². The Hall–Kier alpha value is -1.42. The van der Waals surface area contributed by atoms with Gasteiger partial charge in [0.15, 0.2) is 5.78 Å². The first-order chi connectivity index (χ1) is 8.95. The maximum absolute atomic E-state index is 12.5. The van der Waals surface area contributed by atoms with Gasteiger partial charge >= 0.3 is 0 Å². The van der Waals surface area contributed by atoms with E-state index in [1.165, 1.54) is 6.92 Å². The maximum Gasteiger partial charge on any atom is 0.261 e. The summed E-state index contributed by atoms with van der Waals surface area (Å²) in [4.78, 5) is 26.4. The minimum Gasteiger partial charge on any atom is -0.309 e. The van der Waals surface area contributed by atoms with Crippen molar-refractivity contribution in [2.45, 2.75) is 46.2 Å². The maximum atomic E-state index is 12.5. The van der Waals surface area contributed by atoms with Crippen LogP contribution >= 0.6 is 0 Å². The quantitative estimate of drug-likeness (QED) is 0.783. The number of nitrogens with zero attached hydrogens (tertiary/aromatic N) is 2. The molecule has 1 unspecified atom stereocenters. The number of hydrogen-bond donors (Lipinski definition) is 0. The number of ketones is 1. The summed E-state index contributed by atoms with van der Waals surface area (Å²) < 4.78 is 1.85.